The Morgan fingerprint density at radius 1 is 1.47 bits per heavy atom. The molecular weight excluding hydrogens is 435 g/mol. The molecule has 0 aliphatic carbocycles. The first-order valence-corrected chi connectivity index (χ1v) is 10.8. The molecule has 1 aliphatic heterocycles. The molecule has 1 fully saturated rings. The lowest BCUT2D eigenvalue weighted by atomic mass is 9.79. The van der Waals surface area contributed by atoms with Crippen LogP contribution in [0.2, 0.25) is 0 Å². The van der Waals surface area contributed by atoms with Crippen molar-refractivity contribution < 1.29 is 13.9 Å². The second kappa shape index (κ2) is 11.9. The Morgan fingerprint density at radius 2 is 2.21 bits per heavy atom. The number of nitrogens with two attached hydrogens (primary N) is 1. The molecule has 0 spiro atoms. The molecule has 1 aromatic heterocycles. The van der Waals surface area contributed by atoms with Crippen LogP contribution in [0.1, 0.15) is 49.7 Å². The van der Waals surface area contributed by atoms with Crippen molar-refractivity contribution in [1.29, 1.82) is 10.5 Å². The number of halogens is 1. The van der Waals surface area contributed by atoms with Crippen molar-refractivity contribution in [1.82, 2.24) is 10.3 Å². The van der Waals surface area contributed by atoms with E-state index in [0.29, 0.717) is 24.3 Å². The monoisotopic (exact) mass is 464 g/mol. The Balaban J connectivity index is 1.97. The van der Waals surface area contributed by atoms with Crippen molar-refractivity contribution in [3.05, 3.63) is 65.4 Å². The summed E-state index contributed by atoms with van der Waals surface area (Å²) in [5, 5.41) is 21.1. The topological polar surface area (TPSA) is 137 Å². The zero-order valence-corrected chi connectivity index (χ0v) is 19.6. The number of nitriles is 2. The van der Waals surface area contributed by atoms with Gasteiger partial charge in [-0.3, -0.25) is 9.79 Å². The molecule has 0 radical (unpaired) electrons. The Hall–Kier alpha value is -3.82. The van der Waals surface area contributed by atoms with Gasteiger partial charge in [0.15, 0.2) is 0 Å². The Morgan fingerprint density at radius 3 is 2.76 bits per heavy atom. The molecule has 178 valence electrons. The number of aliphatic imine (C=N–C) groups is 1. The van der Waals surface area contributed by atoms with Crippen molar-refractivity contribution in [2.45, 2.75) is 39.7 Å². The number of ether oxygens (including phenoxy) is 1. The number of allylic oxidation sites excluding steroid dienone is 3. The Kier molecular flexibility index (Phi) is 9.23. The standard InChI is InChI=1S/C25H29FN6O2/c1-16(13-31-24(29)25(4,15-28)11-20-9-10-34-18(20)3)21(26)7-5-17(2)32-23(33)22-8-6-19(12-27)14-30-22/h5-8,14,18,20H,1,9-11,13H2,2-4H3,(H2,29,31)(H,32,33)/b17-5+,21-7+/t18-,20-,25?/m1/s1. The largest absolute Gasteiger partial charge is 0.386 e. The van der Waals surface area contributed by atoms with E-state index in [4.69, 9.17) is 15.7 Å². The average molecular weight is 465 g/mol. The summed E-state index contributed by atoms with van der Waals surface area (Å²) in [4.78, 5) is 20.3. The maximum Gasteiger partial charge on any atom is 0.273 e. The van der Waals surface area contributed by atoms with Gasteiger partial charge in [-0.25, -0.2) is 9.37 Å². The molecule has 0 aromatic carbocycles. The third-order valence-electron chi connectivity index (χ3n) is 5.71. The van der Waals surface area contributed by atoms with Crippen LogP contribution in [-0.4, -0.2) is 36.0 Å². The van der Waals surface area contributed by atoms with E-state index in [0.717, 1.165) is 12.5 Å². The fraction of sp³-hybridized carbons (Fsp3) is 0.400. The van der Waals surface area contributed by atoms with Gasteiger partial charge >= 0.3 is 0 Å². The third-order valence-corrected chi connectivity index (χ3v) is 5.71. The number of carbonyl (C=O) groups excluding carboxylic acids is 1. The maximum absolute atomic E-state index is 14.5. The summed E-state index contributed by atoms with van der Waals surface area (Å²) in [7, 11) is 0. The normalized spacial score (nSPS) is 20.7. The first kappa shape index (κ1) is 26.4. The van der Waals surface area contributed by atoms with Gasteiger partial charge in [0.25, 0.3) is 5.91 Å². The Bertz CT molecular complexity index is 1090. The van der Waals surface area contributed by atoms with Crippen LogP contribution in [0.3, 0.4) is 0 Å². The molecule has 9 heteroatoms. The van der Waals surface area contributed by atoms with E-state index >= 15 is 0 Å². The SMILES string of the molecule is C=C(CN=C(N)C(C)(C#N)C[C@H]1CCO[C@@H]1C)/C(F)=C\C=C(/C)NC(=O)c1ccc(C#N)cn1. The lowest BCUT2D eigenvalue weighted by Gasteiger charge is -2.26. The summed E-state index contributed by atoms with van der Waals surface area (Å²) in [5.41, 5.74) is 6.07. The number of pyridine rings is 1. The van der Waals surface area contributed by atoms with Crippen molar-refractivity contribution >= 4 is 11.7 Å². The number of hydrogen-bond acceptors (Lipinski definition) is 6. The van der Waals surface area contributed by atoms with Crippen LogP contribution in [0, 0.1) is 34.0 Å². The predicted molar refractivity (Wildman–Crippen MR) is 127 cm³/mol. The Labute approximate surface area is 199 Å². The number of rotatable bonds is 9. The fourth-order valence-corrected chi connectivity index (χ4v) is 3.40. The quantitative estimate of drug-likeness (QED) is 0.325. The molecule has 0 bridgehead atoms. The lowest BCUT2D eigenvalue weighted by Crippen LogP contribution is -2.36. The van der Waals surface area contributed by atoms with Gasteiger partial charge in [0.2, 0.25) is 0 Å². The van der Waals surface area contributed by atoms with Crippen LogP contribution < -0.4 is 11.1 Å². The highest BCUT2D eigenvalue weighted by Crippen LogP contribution is 2.33. The number of hydrogen-bond donors (Lipinski definition) is 2. The average Bonchev–Trinajstić information content (AvgIpc) is 3.24. The number of amidine groups is 1. The van der Waals surface area contributed by atoms with E-state index in [1.807, 2.05) is 13.0 Å². The molecule has 1 aliphatic rings. The highest BCUT2D eigenvalue weighted by Gasteiger charge is 2.36. The zero-order valence-electron chi connectivity index (χ0n) is 19.6. The summed E-state index contributed by atoms with van der Waals surface area (Å²) < 4.78 is 20.0. The molecule has 34 heavy (non-hydrogen) atoms. The van der Waals surface area contributed by atoms with Gasteiger partial charge < -0.3 is 15.8 Å². The van der Waals surface area contributed by atoms with Crippen molar-refractivity contribution in [3.63, 3.8) is 0 Å². The van der Waals surface area contributed by atoms with Crippen LogP contribution in [0.5, 0.6) is 0 Å². The van der Waals surface area contributed by atoms with E-state index in [9.17, 15) is 14.4 Å². The van der Waals surface area contributed by atoms with Crippen molar-refractivity contribution in [3.8, 4) is 12.1 Å². The van der Waals surface area contributed by atoms with E-state index in [-0.39, 0.29) is 35.7 Å². The minimum Gasteiger partial charge on any atom is -0.386 e. The van der Waals surface area contributed by atoms with Gasteiger partial charge in [0.05, 0.1) is 24.3 Å². The second-order valence-electron chi connectivity index (χ2n) is 8.44. The first-order chi connectivity index (χ1) is 16.1. The molecule has 8 nitrogen and oxygen atoms in total. The summed E-state index contributed by atoms with van der Waals surface area (Å²) in [6.45, 7) is 9.55. The highest BCUT2D eigenvalue weighted by molar-refractivity contribution is 5.93. The smallest absolute Gasteiger partial charge is 0.273 e. The molecule has 3 atom stereocenters. The summed E-state index contributed by atoms with van der Waals surface area (Å²) in [6, 6.07) is 7.07. The molecular formula is C25H29FN6O2. The molecule has 1 saturated heterocycles. The van der Waals surface area contributed by atoms with Crippen LogP contribution in [0.25, 0.3) is 0 Å². The zero-order chi connectivity index (χ0) is 25.3. The number of nitrogens with one attached hydrogen (secondary N) is 1. The summed E-state index contributed by atoms with van der Waals surface area (Å²) in [6.07, 6.45) is 5.27. The molecule has 1 aromatic rings. The van der Waals surface area contributed by atoms with Gasteiger partial charge in [-0.05, 0) is 63.8 Å². The highest BCUT2D eigenvalue weighted by atomic mass is 19.1. The molecule has 0 saturated carbocycles. The van der Waals surface area contributed by atoms with Crippen molar-refractivity contribution in [2.24, 2.45) is 22.1 Å². The van der Waals surface area contributed by atoms with Crippen LogP contribution in [0.4, 0.5) is 4.39 Å². The maximum atomic E-state index is 14.5. The molecule has 1 amide bonds. The van der Waals surface area contributed by atoms with Gasteiger partial charge in [0, 0.05) is 24.1 Å². The third kappa shape index (κ3) is 7.09. The van der Waals surface area contributed by atoms with E-state index in [2.05, 4.69) is 27.9 Å². The summed E-state index contributed by atoms with van der Waals surface area (Å²) in [5.74, 6) is -0.767. The van der Waals surface area contributed by atoms with Gasteiger partial charge in [-0.15, -0.1) is 0 Å². The predicted octanol–water partition coefficient (Wildman–Crippen LogP) is 3.70. The van der Waals surface area contributed by atoms with Gasteiger partial charge in [0.1, 0.15) is 28.8 Å². The van der Waals surface area contributed by atoms with Gasteiger partial charge in [-0.1, -0.05) is 6.58 Å². The number of amides is 1. The molecule has 2 heterocycles. The van der Waals surface area contributed by atoms with Crippen LogP contribution >= 0.6 is 0 Å². The van der Waals surface area contributed by atoms with Crippen LogP contribution in [-0.2, 0) is 4.74 Å². The molecule has 2 rings (SSSR count). The van der Waals surface area contributed by atoms with Crippen molar-refractivity contribution in [2.75, 3.05) is 13.2 Å². The van der Waals surface area contributed by atoms with E-state index < -0.39 is 17.1 Å². The molecule has 3 N–H and O–H groups in total. The minimum atomic E-state index is -0.979. The molecule has 1 unspecified atom stereocenters. The fourth-order valence-electron chi connectivity index (χ4n) is 3.40. The number of nitrogens with zero attached hydrogens (tertiary/aromatic N) is 4. The van der Waals surface area contributed by atoms with Crippen LogP contribution in [0.15, 0.2) is 59.1 Å². The lowest BCUT2D eigenvalue weighted by molar-refractivity contribution is 0.0960. The minimum absolute atomic E-state index is 0.0547. The van der Waals surface area contributed by atoms with E-state index in [1.165, 1.54) is 24.4 Å². The van der Waals surface area contributed by atoms with Gasteiger partial charge in [-0.2, -0.15) is 10.5 Å². The first-order valence-electron chi connectivity index (χ1n) is 10.8. The summed E-state index contributed by atoms with van der Waals surface area (Å²) >= 11 is 0. The van der Waals surface area contributed by atoms with E-state index in [1.54, 1.807) is 13.8 Å². The number of carbonyl (C=O) groups is 1. The number of aromatic nitrogens is 1. The second-order valence-corrected chi connectivity index (χ2v) is 8.44.